The lowest BCUT2D eigenvalue weighted by atomic mass is 10.1. The van der Waals surface area contributed by atoms with Gasteiger partial charge in [-0.3, -0.25) is 9.59 Å². The van der Waals surface area contributed by atoms with Gasteiger partial charge in [-0.25, -0.2) is 0 Å². The molecule has 30 heavy (non-hydrogen) atoms. The molecule has 3 aromatic rings. The largest absolute Gasteiger partial charge is 0.497 e. The average Bonchev–Trinajstić information content (AvgIpc) is 2.76. The van der Waals surface area contributed by atoms with Crippen molar-refractivity contribution < 1.29 is 14.3 Å². The van der Waals surface area contributed by atoms with Gasteiger partial charge in [0.25, 0.3) is 11.8 Å². The second kappa shape index (κ2) is 10.2. The van der Waals surface area contributed by atoms with Crippen LogP contribution in [0.4, 0.5) is 5.69 Å². The van der Waals surface area contributed by atoms with E-state index in [4.69, 9.17) is 4.74 Å². The lowest BCUT2D eigenvalue weighted by Crippen LogP contribution is -2.30. The van der Waals surface area contributed by atoms with E-state index < -0.39 is 11.8 Å². The third-order valence-corrected chi connectivity index (χ3v) is 5.19. The van der Waals surface area contributed by atoms with Gasteiger partial charge in [0.05, 0.1) is 7.11 Å². The summed E-state index contributed by atoms with van der Waals surface area (Å²) < 4.78 is 6.94. The SMILES string of the molecule is COc1ccc(C(=O)N/C(=C\c2ccc(Br)cc2)C(=O)Nc2ccc(Br)cc2)cc1. The quantitative estimate of drug-likeness (QED) is 0.407. The number of anilines is 1. The van der Waals surface area contributed by atoms with Crippen molar-refractivity contribution in [2.75, 3.05) is 12.4 Å². The first kappa shape index (κ1) is 21.8. The van der Waals surface area contributed by atoms with E-state index in [9.17, 15) is 9.59 Å². The van der Waals surface area contributed by atoms with Gasteiger partial charge in [-0.05, 0) is 72.3 Å². The number of hydrogen-bond acceptors (Lipinski definition) is 3. The molecule has 152 valence electrons. The zero-order chi connectivity index (χ0) is 21.5. The van der Waals surface area contributed by atoms with Crippen LogP contribution in [0, 0.1) is 0 Å². The molecule has 0 saturated carbocycles. The van der Waals surface area contributed by atoms with Crippen molar-refractivity contribution in [1.82, 2.24) is 5.32 Å². The molecule has 0 aliphatic rings. The third-order valence-electron chi connectivity index (χ3n) is 4.13. The predicted molar refractivity (Wildman–Crippen MR) is 125 cm³/mol. The molecule has 0 aliphatic carbocycles. The van der Waals surface area contributed by atoms with Crippen molar-refractivity contribution in [2.45, 2.75) is 0 Å². The van der Waals surface area contributed by atoms with Gasteiger partial charge in [-0.15, -0.1) is 0 Å². The van der Waals surface area contributed by atoms with E-state index >= 15 is 0 Å². The zero-order valence-corrected chi connectivity index (χ0v) is 19.2. The van der Waals surface area contributed by atoms with Crippen LogP contribution in [0.3, 0.4) is 0 Å². The molecule has 3 aromatic carbocycles. The Kier molecular flexibility index (Phi) is 7.43. The van der Waals surface area contributed by atoms with E-state index in [0.29, 0.717) is 17.0 Å². The standard InChI is InChI=1S/C23H18Br2N2O3/c1-30-20-12-4-16(5-13-20)22(28)27-21(14-15-2-6-17(24)7-3-15)23(29)26-19-10-8-18(25)9-11-19/h2-14H,1H3,(H,26,29)(H,27,28)/b21-14-. The van der Waals surface area contributed by atoms with Crippen LogP contribution < -0.4 is 15.4 Å². The molecule has 0 heterocycles. The van der Waals surface area contributed by atoms with Crippen LogP contribution in [0.1, 0.15) is 15.9 Å². The molecule has 0 fully saturated rings. The Bertz CT molecular complexity index is 1060. The van der Waals surface area contributed by atoms with Gasteiger partial charge in [0, 0.05) is 20.2 Å². The molecular formula is C23H18Br2N2O3. The Morgan fingerprint density at radius 1 is 0.833 bits per heavy atom. The van der Waals surface area contributed by atoms with Crippen LogP contribution in [0.15, 0.2) is 87.4 Å². The summed E-state index contributed by atoms with van der Waals surface area (Å²) in [5.41, 5.74) is 1.92. The van der Waals surface area contributed by atoms with Crippen molar-refractivity contribution in [3.05, 3.63) is 98.6 Å². The highest BCUT2D eigenvalue weighted by molar-refractivity contribution is 9.10. The maximum absolute atomic E-state index is 12.9. The summed E-state index contributed by atoms with van der Waals surface area (Å²) in [6, 6.07) is 21.2. The fraction of sp³-hybridized carbons (Fsp3) is 0.0435. The van der Waals surface area contributed by atoms with Crippen molar-refractivity contribution in [2.24, 2.45) is 0 Å². The van der Waals surface area contributed by atoms with Crippen molar-refractivity contribution in [3.63, 3.8) is 0 Å². The summed E-state index contributed by atoms with van der Waals surface area (Å²) in [5.74, 6) is -0.181. The number of carbonyl (C=O) groups excluding carboxylic acids is 2. The summed E-state index contributed by atoms with van der Waals surface area (Å²) in [4.78, 5) is 25.6. The smallest absolute Gasteiger partial charge is 0.272 e. The summed E-state index contributed by atoms with van der Waals surface area (Å²) >= 11 is 6.76. The molecule has 7 heteroatoms. The molecule has 2 amide bonds. The van der Waals surface area contributed by atoms with Gasteiger partial charge < -0.3 is 15.4 Å². The second-order valence-electron chi connectivity index (χ2n) is 6.25. The Balaban J connectivity index is 1.85. The number of carbonyl (C=O) groups is 2. The van der Waals surface area contributed by atoms with Crippen molar-refractivity contribution in [3.8, 4) is 5.75 Å². The minimum atomic E-state index is -0.429. The van der Waals surface area contributed by atoms with E-state index in [1.807, 2.05) is 36.4 Å². The number of benzene rings is 3. The van der Waals surface area contributed by atoms with E-state index in [1.165, 1.54) is 0 Å². The number of amides is 2. The highest BCUT2D eigenvalue weighted by Gasteiger charge is 2.15. The molecule has 0 bridgehead atoms. The lowest BCUT2D eigenvalue weighted by molar-refractivity contribution is -0.113. The van der Waals surface area contributed by atoms with Gasteiger partial charge >= 0.3 is 0 Å². The molecule has 0 radical (unpaired) electrons. The Labute approximate surface area is 191 Å². The molecule has 0 unspecified atom stereocenters. The minimum absolute atomic E-state index is 0.126. The highest BCUT2D eigenvalue weighted by Crippen LogP contribution is 2.17. The van der Waals surface area contributed by atoms with Crippen LogP contribution in [-0.4, -0.2) is 18.9 Å². The average molecular weight is 530 g/mol. The highest BCUT2D eigenvalue weighted by atomic mass is 79.9. The van der Waals surface area contributed by atoms with Gasteiger partial charge in [-0.1, -0.05) is 44.0 Å². The van der Waals surface area contributed by atoms with Crippen LogP contribution in [0.25, 0.3) is 6.08 Å². The molecule has 0 aromatic heterocycles. The third kappa shape index (κ3) is 6.05. The maximum atomic E-state index is 12.9. The molecule has 0 aliphatic heterocycles. The Morgan fingerprint density at radius 3 is 1.97 bits per heavy atom. The number of rotatable bonds is 6. The molecule has 0 spiro atoms. The van der Waals surface area contributed by atoms with Crippen LogP contribution in [0.5, 0.6) is 5.75 Å². The zero-order valence-electron chi connectivity index (χ0n) is 16.0. The van der Waals surface area contributed by atoms with E-state index in [-0.39, 0.29) is 5.70 Å². The second-order valence-corrected chi connectivity index (χ2v) is 8.08. The summed E-state index contributed by atoms with van der Waals surface area (Å²) in [5, 5.41) is 5.52. The molecule has 3 rings (SSSR count). The van der Waals surface area contributed by atoms with Gasteiger partial charge in [0.1, 0.15) is 11.4 Å². The molecule has 0 saturated heterocycles. The fourth-order valence-electron chi connectivity index (χ4n) is 2.55. The van der Waals surface area contributed by atoms with Gasteiger partial charge in [0.15, 0.2) is 0 Å². The van der Waals surface area contributed by atoms with Crippen LogP contribution in [-0.2, 0) is 4.79 Å². The molecular weight excluding hydrogens is 512 g/mol. The topological polar surface area (TPSA) is 67.4 Å². The number of hydrogen-bond donors (Lipinski definition) is 2. The number of halogens is 2. The first-order chi connectivity index (χ1) is 14.4. The first-order valence-electron chi connectivity index (χ1n) is 8.94. The molecule has 5 nitrogen and oxygen atoms in total. The van der Waals surface area contributed by atoms with Crippen molar-refractivity contribution >= 4 is 55.4 Å². The molecule has 0 atom stereocenters. The Morgan fingerprint density at radius 2 is 1.40 bits per heavy atom. The van der Waals surface area contributed by atoms with E-state index in [2.05, 4.69) is 42.5 Å². The summed E-state index contributed by atoms with van der Waals surface area (Å²) in [6.07, 6.45) is 1.63. The number of ether oxygens (including phenoxy) is 1. The van der Waals surface area contributed by atoms with Crippen molar-refractivity contribution in [1.29, 1.82) is 0 Å². The summed E-state index contributed by atoms with van der Waals surface area (Å²) in [6.45, 7) is 0. The molecule has 2 N–H and O–H groups in total. The minimum Gasteiger partial charge on any atom is -0.497 e. The lowest BCUT2D eigenvalue weighted by Gasteiger charge is -2.12. The Hall–Kier alpha value is -2.90. The normalized spacial score (nSPS) is 11.0. The maximum Gasteiger partial charge on any atom is 0.272 e. The van der Waals surface area contributed by atoms with E-state index in [0.717, 1.165) is 14.5 Å². The fourth-order valence-corrected chi connectivity index (χ4v) is 3.08. The summed E-state index contributed by atoms with van der Waals surface area (Å²) in [7, 11) is 1.56. The van der Waals surface area contributed by atoms with Crippen LogP contribution in [0.2, 0.25) is 0 Å². The number of nitrogens with one attached hydrogen (secondary N) is 2. The van der Waals surface area contributed by atoms with E-state index in [1.54, 1.807) is 49.6 Å². The van der Waals surface area contributed by atoms with Crippen LogP contribution >= 0.6 is 31.9 Å². The predicted octanol–water partition coefficient (Wildman–Crippen LogP) is 5.63. The monoisotopic (exact) mass is 528 g/mol. The van der Waals surface area contributed by atoms with Gasteiger partial charge in [-0.2, -0.15) is 0 Å². The van der Waals surface area contributed by atoms with Gasteiger partial charge in [0.2, 0.25) is 0 Å². The number of methoxy groups -OCH3 is 1. The first-order valence-corrected chi connectivity index (χ1v) is 10.5.